The summed E-state index contributed by atoms with van der Waals surface area (Å²) in [6.07, 6.45) is 0. The fourth-order valence-electron chi connectivity index (χ4n) is 0. The van der Waals surface area contributed by atoms with E-state index in [4.69, 9.17) is 0 Å². The van der Waals surface area contributed by atoms with Crippen LogP contribution in [-0.4, -0.2) is 37.7 Å². The molecular weight excluding hydrogens is 88.1 g/mol. The summed E-state index contributed by atoms with van der Waals surface area (Å²) in [5.41, 5.74) is 0. The summed E-state index contributed by atoms with van der Waals surface area (Å²) in [6.45, 7) is 8.00. The van der Waals surface area contributed by atoms with Crippen molar-refractivity contribution in [2.24, 2.45) is 0 Å². The second kappa shape index (κ2) is 60.1. The maximum atomic E-state index is 2.00. The van der Waals surface area contributed by atoms with Crippen molar-refractivity contribution >= 4 is 37.7 Å². The van der Waals surface area contributed by atoms with Crippen LogP contribution >= 0.6 is 0 Å². The molecule has 0 nitrogen and oxygen atoms in total. The van der Waals surface area contributed by atoms with E-state index in [1.807, 2.05) is 27.7 Å². The molecule has 0 spiro atoms. The summed E-state index contributed by atoms with van der Waals surface area (Å²) in [4.78, 5) is 0. The quantitative estimate of drug-likeness (QED) is 0.402. The number of rotatable bonds is 0. The first-order chi connectivity index (χ1) is 2.00. The summed E-state index contributed by atoms with van der Waals surface area (Å²) in [5, 5.41) is 0. The molecule has 0 saturated heterocycles. The molecule has 0 N–H and O–H groups in total. The van der Waals surface area contributed by atoms with Crippen LogP contribution in [0.5, 0.6) is 0 Å². The van der Waals surface area contributed by atoms with Gasteiger partial charge in [0.1, 0.15) is 0 Å². The van der Waals surface area contributed by atoms with Crippen molar-refractivity contribution in [3.63, 3.8) is 0 Å². The van der Waals surface area contributed by atoms with Crippen LogP contribution in [0.2, 0.25) is 0 Å². The molecule has 0 atom stereocenters. The Morgan fingerprint density at radius 3 is 0.600 bits per heavy atom. The van der Waals surface area contributed by atoms with E-state index in [0.717, 1.165) is 0 Å². The third-order valence-electron chi connectivity index (χ3n) is 0. The van der Waals surface area contributed by atoms with E-state index < -0.39 is 0 Å². The first kappa shape index (κ1) is 16.3. The summed E-state index contributed by atoms with van der Waals surface area (Å²) in [7, 11) is 0. The molecule has 0 unspecified atom stereocenters. The van der Waals surface area contributed by atoms with Gasteiger partial charge in [-0.25, -0.2) is 0 Å². The van der Waals surface area contributed by atoms with Gasteiger partial charge in [-0.1, -0.05) is 27.7 Å². The Labute approximate surface area is 65.0 Å². The molecule has 0 aromatic carbocycles. The first-order valence-electron chi connectivity index (χ1n) is 2.00. The normalized spacial score (nSPS) is 2.40. The van der Waals surface area contributed by atoms with Crippen LogP contribution in [0.25, 0.3) is 0 Å². The third kappa shape index (κ3) is 35.2. The van der Waals surface area contributed by atoms with Gasteiger partial charge in [0.25, 0.3) is 0 Å². The molecule has 0 aromatic rings. The van der Waals surface area contributed by atoms with Crippen molar-refractivity contribution in [1.29, 1.82) is 0 Å². The van der Waals surface area contributed by atoms with Crippen molar-refractivity contribution in [2.75, 3.05) is 0 Å². The Kier molecular flexibility index (Phi) is 196. The van der Waals surface area contributed by atoms with E-state index in [1.54, 1.807) is 0 Å². The SMILES string of the molecule is CC.CC.[CaH2]. The predicted molar refractivity (Wildman–Crippen MR) is 31.2 cm³/mol. The third-order valence-corrected chi connectivity index (χ3v) is 0. The zero-order valence-electron chi connectivity index (χ0n) is 4.00. The van der Waals surface area contributed by atoms with Crippen molar-refractivity contribution in [1.82, 2.24) is 0 Å². The van der Waals surface area contributed by atoms with Crippen molar-refractivity contribution < 1.29 is 0 Å². The van der Waals surface area contributed by atoms with Crippen molar-refractivity contribution in [3.8, 4) is 0 Å². The molecule has 0 aromatic heterocycles. The molecule has 0 rings (SSSR count). The van der Waals surface area contributed by atoms with Gasteiger partial charge in [0.2, 0.25) is 0 Å². The molecule has 0 aliphatic carbocycles. The zero-order valence-corrected chi connectivity index (χ0v) is 4.00. The minimum atomic E-state index is 0. The summed E-state index contributed by atoms with van der Waals surface area (Å²) >= 11 is 0. The van der Waals surface area contributed by atoms with Gasteiger partial charge in [-0.3, -0.25) is 0 Å². The summed E-state index contributed by atoms with van der Waals surface area (Å²) < 4.78 is 0. The zero-order chi connectivity index (χ0) is 4.00. The molecule has 0 saturated carbocycles. The van der Waals surface area contributed by atoms with Crippen LogP contribution in [0.3, 0.4) is 0 Å². The predicted octanol–water partition coefficient (Wildman–Crippen LogP) is 1.14. The standard InChI is InChI=1S/2C2H6.Ca.2H/c2*1-2;;;/h2*1-2H3;;;. The molecule has 1 heteroatoms. The molecule has 0 amide bonds. The number of hydrogen-bond donors (Lipinski definition) is 0. The van der Waals surface area contributed by atoms with Crippen molar-refractivity contribution in [3.05, 3.63) is 0 Å². The van der Waals surface area contributed by atoms with E-state index in [2.05, 4.69) is 0 Å². The summed E-state index contributed by atoms with van der Waals surface area (Å²) in [5.74, 6) is 0. The first-order valence-corrected chi connectivity index (χ1v) is 2.00. The van der Waals surface area contributed by atoms with Gasteiger partial charge in [-0.05, 0) is 0 Å². The topological polar surface area (TPSA) is 0 Å². The molecule has 0 fully saturated rings. The van der Waals surface area contributed by atoms with Crippen LogP contribution in [0.1, 0.15) is 27.7 Å². The van der Waals surface area contributed by atoms with Gasteiger partial charge < -0.3 is 0 Å². The van der Waals surface area contributed by atoms with E-state index in [-0.39, 0.29) is 37.7 Å². The monoisotopic (exact) mass is 102 g/mol. The van der Waals surface area contributed by atoms with E-state index >= 15 is 0 Å². The fraction of sp³-hybridized carbons (Fsp3) is 1.00. The number of hydrogen-bond acceptors (Lipinski definition) is 0. The second-order valence-electron chi connectivity index (χ2n) is 0. The van der Waals surface area contributed by atoms with E-state index in [9.17, 15) is 0 Å². The Balaban J connectivity index is -0.0000000133. The Morgan fingerprint density at radius 1 is 0.600 bits per heavy atom. The van der Waals surface area contributed by atoms with E-state index in [0.29, 0.717) is 0 Å². The summed E-state index contributed by atoms with van der Waals surface area (Å²) in [6, 6.07) is 0. The average Bonchev–Trinajstić information content (AvgIpc) is 1.50. The maximum absolute atomic E-state index is 2.00. The molecule has 0 aliphatic rings. The fourth-order valence-corrected chi connectivity index (χ4v) is 0. The van der Waals surface area contributed by atoms with Gasteiger partial charge in [0, 0.05) is 0 Å². The molecule has 32 valence electrons. The van der Waals surface area contributed by atoms with Crippen molar-refractivity contribution in [2.45, 2.75) is 27.7 Å². The molecular formula is C4H14Ca. The van der Waals surface area contributed by atoms with E-state index in [1.165, 1.54) is 0 Å². The molecule has 0 bridgehead atoms. The Bertz CT molecular complexity index is 3.61. The molecule has 0 radical (unpaired) electrons. The average molecular weight is 102 g/mol. The molecule has 0 heterocycles. The van der Waals surface area contributed by atoms with Crippen LogP contribution in [0.15, 0.2) is 0 Å². The molecule has 5 heavy (non-hydrogen) atoms. The van der Waals surface area contributed by atoms with Crippen LogP contribution in [0, 0.1) is 0 Å². The van der Waals surface area contributed by atoms with Gasteiger partial charge in [0.05, 0.1) is 0 Å². The van der Waals surface area contributed by atoms with Gasteiger partial charge >= 0.3 is 37.7 Å². The Morgan fingerprint density at radius 2 is 0.600 bits per heavy atom. The van der Waals surface area contributed by atoms with Gasteiger partial charge in [0.15, 0.2) is 0 Å². The van der Waals surface area contributed by atoms with Crippen LogP contribution in [0.4, 0.5) is 0 Å². The second-order valence-corrected chi connectivity index (χ2v) is 0. The Hall–Kier alpha value is 1.26. The van der Waals surface area contributed by atoms with Crippen LogP contribution < -0.4 is 0 Å². The molecule has 0 aliphatic heterocycles. The van der Waals surface area contributed by atoms with Gasteiger partial charge in [-0.2, -0.15) is 0 Å². The van der Waals surface area contributed by atoms with Gasteiger partial charge in [-0.15, -0.1) is 0 Å². The minimum absolute atomic E-state index is 0. The van der Waals surface area contributed by atoms with Crippen LogP contribution in [-0.2, 0) is 0 Å².